The lowest BCUT2D eigenvalue weighted by atomic mass is 10.00. The van der Waals surface area contributed by atoms with Gasteiger partial charge in [0, 0.05) is 47.5 Å². The van der Waals surface area contributed by atoms with Crippen molar-refractivity contribution in [2.24, 2.45) is 0 Å². The van der Waals surface area contributed by atoms with Gasteiger partial charge in [-0.05, 0) is 54.6 Å². The lowest BCUT2D eigenvalue weighted by molar-refractivity contribution is 0.0510. The standard InChI is InChI=1S/C22H23BrFN3OS/c1-14-2-4-18(26-11-14)12-25-13-19-10-17(24)6-7-27(19)22(28)21-9-15-8-16(23)3-5-20(15)29-21/h2-5,8-9,11,17,19,25H,6-7,10,12-13H2,1H3. The van der Waals surface area contributed by atoms with Gasteiger partial charge in [-0.1, -0.05) is 22.0 Å². The highest BCUT2D eigenvalue weighted by atomic mass is 79.9. The van der Waals surface area contributed by atoms with Crippen molar-refractivity contribution in [3.8, 4) is 0 Å². The van der Waals surface area contributed by atoms with Crippen molar-refractivity contribution in [3.05, 3.63) is 63.2 Å². The van der Waals surface area contributed by atoms with Crippen LogP contribution in [0.25, 0.3) is 10.1 Å². The Morgan fingerprint density at radius 1 is 1.34 bits per heavy atom. The number of piperidine rings is 1. The summed E-state index contributed by atoms with van der Waals surface area (Å²) in [6.07, 6.45) is 1.75. The molecule has 1 aliphatic rings. The molecule has 1 N–H and O–H groups in total. The van der Waals surface area contributed by atoms with Crippen molar-refractivity contribution >= 4 is 43.3 Å². The molecule has 1 fully saturated rings. The zero-order valence-corrected chi connectivity index (χ0v) is 18.6. The number of pyridine rings is 1. The number of likely N-dealkylation sites (tertiary alicyclic amines) is 1. The predicted octanol–water partition coefficient (Wildman–Crippen LogP) is 5.10. The molecule has 2 unspecified atom stereocenters. The Hall–Kier alpha value is -1.83. The topological polar surface area (TPSA) is 45.2 Å². The van der Waals surface area contributed by atoms with Crippen LogP contribution in [-0.2, 0) is 6.54 Å². The number of amides is 1. The lowest BCUT2D eigenvalue weighted by Crippen LogP contribution is -2.50. The number of fused-ring (bicyclic) bond motifs is 1. The number of nitrogens with zero attached hydrogens (tertiary/aromatic N) is 2. The van der Waals surface area contributed by atoms with Gasteiger partial charge in [-0.3, -0.25) is 9.78 Å². The molecule has 1 saturated heterocycles. The molecule has 1 aliphatic heterocycles. The second kappa shape index (κ2) is 8.90. The first-order valence-electron chi connectivity index (χ1n) is 9.76. The van der Waals surface area contributed by atoms with Gasteiger partial charge in [0.15, 0.2) is 0 Å². The summed E-state index contributed by atoms with van der Waals surface area (Å²) in [4.78, 5) is 20.1. The average Bonchev–Trinajstić information content (AvgIpc) is 3.12. The van der Waals surface area contributed by atoms with Crippen LogP contribution < -0.4 is 5.32 Å². The smallest absolute Gasteiger partial charge is 0.264 e. The highest BCUT2D eigenvalue weighted by Crippen LogP contribution is 2.31. The Labute approximate surface area is 182 Å². The molecule has 3 heterocycles. The number of rotatable bonds is 5. The van der Waals surface area contributed by atoms with Gasteiger partial charge >= 0.3 is 0 Å². The quantitative estimate of drug-likeness (QED) is 0.558. The van der Waals surface area contributed by atoms with Crippen LogP contribution in [0.5, 0.6) is 0 Å². The van der Waals surface area contributed by atoms with E-state index in [-0.39, 0.29) is 11.9 Å². The normalized spacial score (nSPS) is 19.6. The zero-order chi connectivity index (χ0) is 20.4. The van der Waals surface area contributed by atoms with Crippen molar-refractivity contribution < 1.29 is 9.18 Å². The first-order valence-corrected chi connectivity index (χ1v) is 11.4. The number of benzene rings is 1. The summed E-state index contributed by atoms with van der Waals surface area (Å²) in [5.41, 5.74) is 2.06. The van der Waals surface area contributed by atoms with E-state index in [0.29, 0.717) is 37.4 Å². The van der Waals surface area contributed by atoms with Crippen LogP contribution in [-0.4, -0.2) is 41.1 Å². The van der Waals surface area contributed by atoms with Crippen LogP contribution in [0.3, 0.4) is 0 Å². The maximum absolute atomic E-state index is 14.1. The monoisotopic (exact) mass is 475 g/mol. The van der Waals surface area contributed by atoms with Gasteiger partial charge in [0.25, 0.3) is 5.91 Å². The van der Waals surface area contributed by atoms with E-state index in [0.717, 1.165) is 25.8 Å². The van der Waals surface area contributed by atoms with Crippen LogP contribution in [0.1, 0.15) is 33.8 Å². The molecule has 0 radical (unpaired) electrons. The molecule has 0 spiro atoms. The van der Waals surface area contributed by atoms with E-state index in [2.05, 4.69) is 26.2 Å². The first kappa shape index (κ1) is 20.4. The SMILES string of the molecule is Cc1ccc(CNCC2CC(F)CCN2C(=O)c2cc3cc(Br)ccc3s2)nc1. The van der Waals surface area contributed by atoms with Gasteiger partial charge in [-0.2, -0.15) is 0 Å². The second-order valence-electron chi connectivity index (χ2n) is 7.52. The van der Waals surface area contributed by atoms with E-state index in [9.17, 15) is 9.18 Å². The molecule has 29 heavy (non-hydrogen) atoms. The van der Waals surface area contributed by atoms with Gasteiger partial charge < -0.3 is 10.2 Å². The van der Waals surface area contributed by atoms with Crippen LogP contribution in [0.15, 0.2) is 47.1 Å². The summed E-state index contributed by atoms with van der Waals surface area (Å²) in [6.45, 7) is 3.61. The number of halogens is 2. The van der Waals surface area contributed by atoms with Crippen LogP contribution in [0.2, 0.25) is 0 Å². The molecule has 4 nitrogen and oxygen atoms in total. The van der Waals surface area contributed by atoms with Crippen molar-refractivity contribution in [3.63, 3.8) is 0 Å². The summed E-state index contributed by atoms with van der Waals surface area (Å²) in [5.74, 6) is -0.00511. The van der Waals surface area contributed by atoms with Crippen molar-refractivity contribution in [1.82, 2.24) is 15.2 Å². The minimum atomic E-state index is -0.860. The number of hydrogen-bond donors (Lipinski definition) is 1. The molecule has 1 aromatic carbocycles. The molecule has 0 aliphatic carbocycles. The van der Waals surface area contributed by atoms with Crippen LogP contribution >= 0.6 is 27.3 Å². The molecular formula is C22H23BrFN3OS. The van der Waals surface area contributed by atoms with Crippen molar-refractivity contribution in [2.75, 3.05) is 13.1 Å². The van der Waals surface area contributed by atoms with Crippen molar-refractivity contribution in [1.29, 1.82) is 0 Å². The molecule has 2 atom stereocenters. The number of hydrogen-bond acceptors (Lipinski definition) is 4. The summed E-state index contributed by atoms with van der Waals surface area (Å²) >= 11 is 4.97. The highest BCUT2D eigenvalue weighted by Gasteiger charge is 2.32. The minimum absolute atomic E-state index is 0.00511. The fraction of sp³-hybridized carbons (Fsp3) is 0.364. The maximum Gasteiger partial charge on any atom is 0.264 e. The Morgan fingerprint density at radius 3 is 3.00 bits per heavy atom. The Bertz CT molecular complexity index is 1010. The van der Waals surface area contributed by atoms with E-state index < -0.39 is 6.17 Å². The predicted molar refractivity (Wildman–Crippen MR) is 119 cm³/mol. The number of thiophene rings is 1. The first-order chi connectivity index (χ1) is 14.0. The average molecular weight is 476 g/mol. The number of alkyl halides is 1. The summed E-state index contributed by atoms with van der Waals surface area (Å²) in [6, 6.07) is 11.8. The zero-order valence-electron chi connectivity index (χ0n) is 16.2. The fourth-order valence-electron chi connectivity index (χ4n) is 3.69. The van der Waals surface area contributed by atoms with E-state index in [4.69, 9.17) is 0 Å². The lowest BCUT2D eigenvalue weighted by Gasteiger charge is -2.37. The third-order valence-electron chi connectivity index (χ3n) is 5.26. The van der Waals surface area contributed by atoms with E-state index in [1.54, 1.807) is 0 Å². The summed E-state index contributed by atoms with van der Waals surface area (Å²) < 4.78 is 16.2. The Kier molecular flexibility index (Phi) is 6.27. The van der Waals surface area contributed by atoms with Gasteiger partial charge in [0.05, 0.1) is 10.6 Å². The Balaban J connectivity index is 1.45. The maximum atomic E-state index is 14.1. The van der Waals surface area contributed by atoms with Gasteiger partial charge in [-0.25, -0.2) is 4.39 Å². The molecule has 1 amide bonds. The van der Waals surface area contributed by atoms with Gasteiger partial charge in [-0.15, -0.1) is 11.3 Å². The fourth-order valence-corrected chi connectivity index (χ4v) is 5.07. The molecule has 4 rings (SSSR count). The number of carbonyl (C=O) groups excluding carboxylic acids is 1. The number of aryl methyl sites for hydroxylation is 1. The third-order valence-corrected chi connectivity index (χ3v) is 6.86. The highest BCUT2D eigenvalue weighted by molar-refractivity contribution is 9.10. The van der Waals surface area contributed by atoms with Gasteiger partial charge in [0.2, 0.25) is 0 Å². The van der Waals surface area contributed by atoms with Gasteiger partial charge in [0.1, 0.15) is 6.17 Å². The van der Waals surface area contributed by atoms with E-state index >= 15 is 0 Å². The molecule has 3 aromatic rings. The largest absolute Gasteiger partial charge is 0.333 e. The molecule has 152 valence electrons. The van der Waals surface area contributed by atoms with Crippen LogP contribution in [0, 0.1) is 6.92 Å². The molecule has 7 heteroatoms. The molecule has 0 saturated carbocycles. The summed E-state index contributed by atoms with van der Waals surface area (Å²) in [5, 5.41) is 4.41. The van der Waals surface area contributed by atoms with E-state index in [1.807, 2.05) is 54.4 Å². The molecule has 0 bridgehead atoms. The Morgan fingerprint density at radius 2 is 2.21 bits per heavy atom. The van der Waals surface area contributed by atoms with Crippen LogP contribution in [0.4, 0.5) is 4.39 Å². The van der Waals surface area contributed by atoms with E-state index in [1.165, 1.54) is 11.3 Å². The molecule has 2 aromatic heterocycles. The third kappa shape index (κ3) is 4.85. The number of carbonyl (C=O) groups is 1. The van der Waals surface area contributed by atoms with Crippen molar-refractivity contribution in [2.45, 2.75) is 38.5 Å². The molecular weight excluding hydrogens is 453 g/mol. The minimum Gasteiger partial charge on any atom is -0.333 e. The number of aromatic nitrogens is 1. The summed E-state index contributed by atoms with van der Waals surface area (Å²) in [7, 11) is 0. The number of nitrogens with one attached hydrogen (secondary N) is 1. The second-order valence-corrected chi connectivity index (χ2v) is 9.52.